The maximum absolute atomic E-state index is 11.6. The van der Waals surface area contributed by atoms with Crippen LogP contribution in [-0.4, -0.2) is 23.1 Å². The molecule has 0 bridgehead atoms. The Bertz CT molecular complexity index is 419. The van der Waals surface area contributed by atoms with Gasteiger partial charge in [0.15, 0.2) is 0 Å². The lowest BCUT2D eigenvalue weighted by atomic mass is 10.2. The monoisotopic (exact) mass is 257 g/mol. The molecule has 17 heavy (non-hydrogen) atoms. The number of rotatable bonds is 5. The summed E-state index contributed by atoms with van der Waals surface area (Å²) in [7, 11) is -3.90. The summed E-state index contributed by atoms with van der Waals surface area (Å²) >= 11 is 0. The van der Waals surface area contributed by atoms with E-state index in [4.69, 9.17) is 5.73 Å². The third kappa shape index (κ3) is 5.13. The van der Waals surface area contributed by atoms with Gasteiger partial charge in [-0.25, -0.2) is 4.57 Å². The van der Waals surface area contributed by atoms with Crippen LogP contribution in [0.25, 0.3) is 0 Å². The SMILES string of the molecule is C[C@@H](N)C(=O)OP(=O)(O)CCc1ccccc1. The Hall–Kier alpha value is -1.16. The zero-order valence-electron chi connectivity index (χ0n) is 9.57. The number of benzene rings is 1. The van der Waals surface area contributed by atoms with Gasteiger partial charge in [0, 0.05) is 0 Å². The second kappa shape index (κ2) is 5.96. The highest BCUT2D eigenvalue weighted by atomic mass is 31.2. The topological polar surface area (TPSA) is 89.6 Å². The van der Waals surface area contributed by atoms with Crippen LogP contribution >= 0.6 is 7.60 Å². The fourth-order valence-electron chi connectivity index (χ4n) is 1.18. The predicted molar refractivity (Wildman–Crippen MR) is 64.6 cm³/mol. The first-order valence-corrected chi connectivity index (χ1v) is 7.02. The summed E-state index contributed by atoms with van der Waals surface area (Å²) in [5.74, 6) is -0.858. The van der Waals surface area contributed by atoms with Crippen LogP contribution in [0.2, 0.25) is 0 Å². The molecular weight excluding hydrogens is 241 g/mol. The molecule has 0 fully saturated rings. The van der Waals surface area contributed by atoms with E-state index in [2.05, 4.69) is 4.52 Å². The number of aryl methyl sites for hydroxylation is 1. The number of hydrogen-bond acceptors (Lipinski definition) is 4. The number of nitrogens with two attached hydrogens (primary N) is 1. The molecule has 0 amide bonds. The Morgan fingerprint density at radius 1 is 1.47 bits per heavy atom. The summed E-state index contributed by atoms with van der Waals surface area (Å²) in [6, 6.07) is 8.32. The molecule has 94 valence electrons. The molecule has 0 aliphatic carbocycles. The molecule has 1 unspecified atom stereocenters. The molecular formula is C11H16NO4P. The summed E-state index contributed by atoms with van der Waals surface area (Å²) in [5, 5.41) is 0. The summed E-state index contributed by atoms with van der Waals surface area (Å²) in [5.41, 5.74) is 6.16. The summed E-state index contributed by atoms with van der Waals surface area (Å²) in [6.07, 6.45) is 0.274. The van der Waals surface area contributed by atoms with Gasteiger partial charge in [0.05, 0.1) is 6.16 Å². The Labute approximate surface area is 100 Å². The van der Waals surface area contributed by atoms with Gasteiger partial charge in [-0.1, -0.05) is 30.3 Å². The second-order valence-electron chi connectivity index (χ2n) is 3.80. The van der Waals surface area contributed by atoms with Crippen LogP contribution < -0.4 is 5.73 Å². The minimum absolute atomic E-state index is 0.102. The highest BCUT2D eigenvalue weighted by molar-refractivity contribution is 7.53. The Morgan fingerprint density at radius 3 is 2.59 bits per heavy atom. The molecule has 1 aromatic rings. The largest absolute Gasteiger partial charge is 0.391 e. The van der Waals surface area contributed by atoms with Crippen LogP contribution in [0, 0.1) is 0 Å². The minimum atomic E-state index is -3.90. The summed E-state index contributed by atoms with van der Waals surface area (Å²) < 4.78 is 16.0. The molecule has 5 nitrogen and oxygen atoms in total. The molecule has 0 aromatic heterocycles. The van der Waals surface area contributed by atoms with Crippen molar-refractivity contribution in [2.45, 2.75) is 19.4 Å². The second-order valence-corrected chi connectivity index (χ2v) is 5.70. The van der Waals surface area contributed by atoms with Gasteiger partial charge in [0.2, 0.25) is 0 Å². The number of carbonyl (C=O) groups excluding carboxylic acids is 1. The molecule has 3 N–H and O–H groups in total. The molecule has 1 rings (SSSR count). The van der Waals surface area contributed by atoms with Crippen LogP contribution in [0.5, 0.6) is 0 Å². The Kier molecular flexibility index (Phi) is 4.87. The van der Waals surface area contributed by atoms with Gasteiger partial charge >= 0.3 is 13.6 Å². The standard InChI is InChI=1S/C11H16NO4P/c1-9(12)11(13)16-17(14,15)8-7-10-5-3-2-4-6-10/h2-6,9H,7-8,12H2,1H3,(H,14,15)/t9-/m1/s1. The van der Waals surface area contributed by atoms with Crippen LogP contribution in [-0.2, 0) is 20.3 Å². The van der Waals surface area contributed by atoms with E-state index in [9.17, 15) is 14.3 Å². The van der Waals surface area contributed by atoms with Crippen LogP contribution in [0.4, 0.5) is 0 Å². The van der Waals surface area contributed by atoms with Gasteiger partial charge in [0.1, 0.15) is 6.04 Å². The van der Waals surface area contributed by atoms with Crippen molar-refractivity contribution in [3.63, 3.8) is 0 Å². The molecule has 6 heteroatoms. The van der Waals surface area contributed by atoms with Gasteiger partial charge in [-0.15, -0.1) is 0 Å². The molecule has 0 radical (unpaired) electrons. The minimum Gasteiger partial charge on any atom is -0.391 e. The quantitative estimate of drug-likeness (QED) is 0.776. The molecule has 0 aliphatic rings. The van der Waals surface area contributed by atoms with Crippen molar-refractivity contribution in [2.24, 2.45) is 5.73 Å². The van der Waals surface area contributed by atoms with Gasteiger partial charge in [-0.2, -0.15) is 0 Å². The Morgan fingerprint density at radius 2 is 2.06 bits per heavy atom. The van der Waals surface area contributed by atoms with Crippen molar-refractivity contribution in [2.75, 3.05) is 6.16 Å². The van der Waals surface area contributed by atoms with Crippen molar-refractivity contribution in [1.29, 1.82) is 0 Å². The average Bonchev–Trinajstić information content (AvgIpc) is 2.27. The van der Waals surface area contributed by atoms with E-state index < -0.39 is 19.6 Å². The van der Waals surface area contributed by atoms with Gasteiger partial charge in [-0.05, 0) is 18.9 Å². The van der Waals surface area contributed by atoms with E-state index in [0.29, 0.717) is 6.42 Å². The molecule has 1 aromatic carbocycles. The van der Waals surface area contributed by atoms with Crippen molar-refractivity contribution in [3.05, 3.63) is 35.9 Å². The fraction of sp³-hybridized carbons (Fsp3) is 0.364. The third-order valence-corrected chi connectivity index (χ3v) is 3.38. The van der Waals surface area contributed by atoms with E-state index in [1.807, 2.05) is 30.3 Å². The Balaban J connectivity index is 2.50. The summed E-state index contributed by atoms with van der Waals surface area (Å²) in [4.78, 5) is 20.5. The zero-order chi connectivity index (χ0) is 12.9. The predicted octanol–water partition coefficient (Wildman–Crippen LogP) is 1.30. The highest BCUT2D eigenvalue weighted by Gasteiger charge is 2.25. The van der Waals surface area contributed by atoms with Crippen molar-refractivity contribution < 1.29 is 18.8 Å². The highest BCUT2D eigenvalue weighted by Crippen LogP contribution is 2.42. The first kappa shape index (κ1) is 13.9. The maximum atomic E-state index is 11.6. The summed E-state index contributed by atoms with van der Waals surface area (Å²) in [6.45, 7) is 1.40. The molecule has 0 saturated heterocycles. The van der Waals surface area contributed by atoms with Crippen molar-refractivity contribution in [3.8, 4) is 0 Å². The molecule has 2 atom stereocenters. The lowest BCUT2D eigenvalue weighted by Crippen LogP contribution is -2.28. The van der Waals surface area contributed by atoms with E-state index in [1.54, 1.807) is 0 Å². The van der Waals surface area contributed by atoms with Crippen molar-refractivity contribution >= 4 is 13.6 Å². The first-order chi connectivity index (χ1) is 7.91. The van der Waals surface area contributed by atoms with Crippen LogP contribution in [0.1, 0.15) is 12.5 Å². The smallest absolute Gasteiger partial charge is 0.379 e. The lowest BCUT2D eigenvalue weighted by Gasteiger charge is -2.13. The van der Waals surface area contributed by atoms with Gasteiger partial charge < -0.3 is 15.2 Å². The van der Waals surface area contributed by atoms with E-state index >= 15 is 0 Å². The van der Waals surface area contributed by atoms with Gasteiger partial charge in [-0.3, -0.25) is 4.79 Å². The molecule has 0 heterocycles. The van der Waals surface area contributed by atoms with E-state index in [1.165, 1.54) is 6.92 Å². The normalized spacial score (nSPS) is 15.9. The van der Waals surface area contributed by atoms with Crippen LogP contribution in [0.3, 0.4) is 0 Å². The fourth-order valence-corrected chi connectivity index (χ4v) is 2.26. The first-order valence-electron chi connectivity index (χ1n) is 5.25. The molecule has 0 aliphatic heterocycles. The maximum Gasteiger partial charge on any atom is 0.379 e. The molecule has 0 spiro atoms. The van der Waals surface area contributed by atoms with Gasteiger partial charge in [0.25, 0.3) is 0 Å². The number of carbonyl (C=O) groups is 1. The average molecular weight is 257 g/mol. The third-order valence-electron chi connectivity index (χ3n) is 2.13. The van der Waals surface area contributed by atoms with Crippen LogP contribution in [0.15, 0.2) is 30.3 Å². The van der Waals surface area contributed by atoms with E-state index in [0.717, 1.165) is 5.56 Å². The lowest BCUT2D eigenvalue weighted by molar-refractivity contribution is -0.135. The zero-order valence-corrected chi connectivity index (χ0v) is 10.5. The van der Waals surface area contributed by atoms with E-state index in [-0.39, 0.29) is 6.16 Å². The van der Waals surface area contributed by atoms with Crippen molar-refractivity contribution in [1.82, 2.24) is 0 Å². The molecule has 0 saturated carbocycles. The number of hydrogen-bond donors (Lipinski definition) is 2.